The molecule has 0 bridgehead atoms. The highest BCUT2D eigenvalue weighted by molar-refractivity contribution is 6.31. The fourth-order valence-electron chi connectivity index (χ4n) is 2.15. The van der Waals surface area contributed by atoms with Crippen LogP contribution in [0.15, 0.2) is 48.2 Å². The zero-order valence-electron chi connectivity index (χ0n) is 14.2. The van der Waals surface area contributed by atoms with Gasteiger partial charge in [0.2, 0.25) is 0 Å². The van der Waals surface area contributed by atoms with Crippen molar-refractivity contribution in [2.45, 2.75) is 13.8 Å². The highest BCUT2D eigenvalue weighted by Crippen LogP contribution is 2.25. The maximum Gasteiger partial charge on any atom is 0.267 e. The minimum Gasteiger partial charge on any atom is -0.495 e. The zero-order chi connectivity index (χ0) is 18.4. The number of methoxy groups -OCH3 is 1. The summed E-state index contributed by atoms with van der Waals surface area (Å²) in [6, 6.07) is 12.6. The van der Waals surface area contributed by atoms with Gasteiger partial charge in [0.15, 0.2) is 0 Å². The molecular weight excluding hydrogens is 338 g/mol. The molecule has 128 valence electrons. The van der Waals surface area contributed by atoms with Gasteiger partial charge in [-0.3, -0.25) is 4.79 Å². The van der Waals surface area contributed by atoms with E-state index in [-0.39, 0.29) is 5.57 Å². The SMILES string of the molecule is COc1ccc(C)cc1N/C=C(/C#N)C(=O)Nc1cc(Cl)ccc1C. The predicted molar refractivity (Wildman–Crippen MR) is 99.9 cm³/mol. The van der Waals surface area contributed by atoms with Crippen LogP contribution >= 0.6 is 11.6 Å². The molecule has 2 aromatic carbocycles. The molecule has 0 heterocycles. The number of hydrogen-bond donors (Lipinski definition) is 2. The number of anilines is 2. The van der Waals surface area contributed by atoms with Gasteiger partial charge in [-0.15, -0.1) is 0 Å². The van der Waals surface area contributed by atoms with E-state index in [9.17, 15) is 10.1 Å². The van der Waals surface area contributed by atoms with E-state index < -0.39 is 5.91 Å². The maximum atomic E-state index is 12.3. The number of aryl methyl sites for hydroxylation is 2. The van der Waals surface area contributed by atoms with Gasteiger partial charge in [0.25, 0.3) is 5.91 Å². The Balaban J connectivity index is 2.20. The lowest BCUT2D eigenvalue weighted by molar-refractivity contribution is -0.112. The summed E-state index contributed by atoms with van der Waals surface area (Å²) >= 11 is 5.95. The number of rotatable bonds is 5. The van der Waals surface area contributed by atoms with Crippen LogP contribution in [0.25, 0.3) is 0 Å². The van der Waals surface area contributed by atoms with Crippen LogP contribution in [0.1, 0.15) is 11.1 Å². The fraction of sp³-hybridized carbons (Fsp3) is 0.158. The Bertz CT molecular complexity index is 869. The zero-order valence-corrected chi connectivity index (χ0v) is 14.9. The number of hydrogen-bond acceptors (Lipinski definition) is 4. The molecule has 0 aliphatic carbocycles. The average Bonchev–Trinajstić information content (AvgIpc) is 2.59. The van der Waals surface area contributed by atoms with Gasteiger partial charge in [0.1, 0.15) is 17.4 Å². The second kappa shape index (κ2) is 8.22. The van der Waals surface area contributed by atoms with Gasteiger partial charge in [0.05, 0.1) is 12.8 Å². The van der Waals surface area contributed by atoms with E-state index in [4.69, 9.17) is 16.3 Å². The van der Waals surface area contributed by atoms with Gasteiger partial charge in [-0.25, -0.2) is 0 Å². The Morgan fingerprint density at radius 1 is 1.20 bits per heavy atom. The summed E-state index contributed by atoms with van der Waals surface area (Å²) in [6.45, 7) is 3.78. The summed E-state index contributed by atoms with van der Waals surface area (Å²) in [5.41, 5.74) is 3.04. The van der Waals surface area contributed by atoms with E-state index >= 15 is 0 Å². The first-order chi connectivity index (χ1) is 11.9. The highest BCUT2D eigenvalue weighted by Gasteiger charge is 2.11. The van der Waals surface area contributed by atoms with E-state index in [1.807, 2.05) is 38.1 Å². The molecule has 0 spiro atoms. The molecule has 0 saturated heterocycles. The topological polar surface area (TPSA) is 74.1 Å². The van der Waals surface area contributed by atoms with Crippen molar-refractivity contribution in [3.05, 3.63) is 64.3 Å². The largest absolute Gasteiger partial charge is 0.495 e. The van der Waals surface area contributed by atoms with Crippen molar-refractivity contribution in [3.8, 4) is 11.8 Å². The van der Waals surface area contributed by atoms with Crippen LogP contribution in [-0.2, 0) is 4.79 Å². The lowest BCUT2D eigenvalue weighted by Crippen LogP contribution is -2.15. The summed E-state index contributed by atoms with van der Waals surface area (Å²) in [6.07, 6.45) is 1.35. The van der Waals surface area contributed by atoms with Crippen LogP contribution in [0.3, 0.4) is 0 Å². The molecule has 2 rings (SSSR count). The predicted octanol–water partition coefficient (Wildman–Crippen LogP) is 4.42. The van der Waals surface area contributed by atoms with Crippen LogP contribution in [0.5, 0.6) is 5.75 Å². The third-order valence-electron chi connectivity index (χ3n) is 3.54. The van der Waals surface area contributed by atoms with Gasteiger partial charge in [-0.1, -0.05) is 23.7 Å². The second-order valence-corrected chi connectivity index (χ2v) is 5.87. The lowest BCUT2D eigenvalue weighted by atomic mass is 10.2. The van der Waals surface area contributed by atoms with E-state index in [2.05, 4.69) is 10.6 Å². The van der Waals surface area contributed by atoms with Gasteiger partial charge >= 0.3 is 0 Å². The normalized spacial score (nSPS) is 10.8. The third-order valence-corrected chi connectivity index (χ3v) is 3.77. The van der Waals surface area contributed by atoms with Crippen molar-refractivity contribution in [2.24, 2.45) is 0 Å². The quantitative estimate of drug-likeness (QED) is 0.615. The Morgan fingerprint density at radius 3 is 2.64 bits per heavy atom. The molecule has 0 aliphatic heterocycles. The Kier molecular flexibility index (Phi) is 6.04. The smallest absolute Gasteiger partial charge is 0.267 e. The molecule has 2 N–H and O–H groups in total. The second-order valence-electron chi connectivity index (χ2n) is 5.43. The van der Waals surface area contributed by atoms with Crippen molar-refractivity contribution in [1.29, 1.82) is 5.26 Å². The van der Waals surface area contributed by atoms with E-state index in [0.717, 1.165) is 11.1 Å². The molecule has 2 aromatic rings. The van der Waals surface area contributed by atoms with Gasteiger partial charge in [-0.2, -0.15) is 5.26 Å². The molecule has 0 atom stereocenters. The average molecular weight is 356 g/mol. The molecule has 0 saturated carbocycles. The summed E-state index contributed by atoms with van der Waals surface area (Å²) in [4.78, 5) is 12.3. The lowest BCUT2D eigenvalue weighted by Gasteiger charge is -2.10. The van der Waals surface area contributed by atoms with Crippen LogP contribution in [0.2, 0.25) is 5.02 Å². The minimum absolute atomic E-state index is 0.0667. The van der Waals surface area contributed by atoms with Crippen molar-refractivity contribution in [1.82, 2.24) is 0 Å². The number of amides is 1. The number of ether oxygens (including phenoxy) is 1. The Morgan fingerprint density at radius 2 is 1.96 bits per heavy atom. The Hall–Kier alpha value is -2.97. The number of nitrogens with zero attached hydrogens (tertiary/aromatic N) is 1. The first-order valence-corrected chi connectivity index (χ1v) is 7.91. The monoisotopic (exact) mass is 355 g/mol. The van der Waals surface area contributed by atoms with Crippen molar-refractivity contribution in [2.75, 3.05) is 17.7 Å². The van der Waals surface area contributed by atoms with E-state index in [1.54, 1.807) is 25.3 Å². The van der Waals surface area contributed by atoms with Crippen LogP contribution in [0, 0.1) is 25.2 Å². The van der Waals surface area contributed by atoms with Crippen molar-refractivity contribution in [3.63, 3.8) is 0 Å². The molecule has 0 fully saturated rings. The summed E-state index contributed by atoms with van der Waals surface area (Å²) < 4.78 is 5.26. The number of carbonyl (C=O) groups excluding carboxylic acids is 1. The van der Waals surface area contributed by atoms with E-state index in [1.165, 1.54) is 6.20 Å². The number of halogens is 1. The molecule has 0 radical (unpaired) electrons. The number of carbonyl (C=O) groups is 1. The van der Waals surface area contributed by atoms with Crippen LogP contribution in [0.4, 0.5) is 11.4 Å². The molecule has 0 aliphatic rings. The number of nitriles is 1. The third kappa shape index (κ3) is 4.75. The molecule has 5 nitrogen and oxygen atoms in total. The maximum absolute atomic E-state index is 12.3. The van der Waals surface area contributed by atoms with Crippen LogP contribution in [-0.4, -0.2) is 13.0 Å². The molecule has 6 heteroatoms. The first kappa shape index (κ1) is 18.4. The molecule has 0 unspecified atom stereocenters. The molecule has 25 heavy (non-hydrogen) atoms. The Labute approximate surface area is 151 Å². The molecule has 1 amide bonds. The molecule has 0 aromatic heterocycles. The molecular formula is C19H18ClN3O2. The van der Waals surface area contributed by atoms with Crippen molar-refractivity contribution < 1.29 is 9.53 Å². The van der Waals surface area contributed by atoms with Crippen LogP contribution < -0.4 is 15.4 Å². The summed E-state index contributed by atoms with van der Waals surface area (Å²) in [5, 5.41) is 15.4. The summed E-state index contributed by atoms with van der Waals surface area (Å²) in [5.74, 6) is 0.0946. The number of benzene rings is 2. The van der Waals surface area contributed by atoms with Gasteiger partial charge in [-0.05, 0) is 49.2 Å². The fourth-order valence-corrected chi connectivity index (χ4v) is 2.32. The summed E-state index contributed by atoms with van der Waals surface area (Å²) in [7, 11) is 1.55. The van der Waals surface area contributed by atoms with E-state index in [0.29, 0.717) is 22.1 Å². The standard InChI is InChI=1S/C19H18ClN3O2/c1-12-4-7-18(25-3)17(8-12)22-11-14(10-21)19(24)23-16-9-15(20)6-5-13(16)2/h4-9,11,22H,1-3H3,(H,23,24)/b14-11-. The first-order valence-electron chi connectivity index (χ1n) is 7.53. The number of nitrogens with one attached hydrogen (secondary N) is 2. The van der Waals surface area contributed by atoms with Gasteiger partial charge < -0.3 is 15.4 Å². The van der Waals surface area contributed by atoms with Crippen molar-refractivity contribution >= 4 is 28.9 Å². The van der Waals surface area contributed by atoms with Gasteiger partial charge in [0, 0.05) is 16.9 Å². The highest BCUT2D eigenvalue weighted by atomic mass is 35.5. The minimum atomic E-state index is -0.521.